The average Bonchev–Trinajstić information content (AvgIpc) is 3.26. The molecular weight excluding hydrogens is 404 g/mol. The fourth-order valence-electron chi connectivity index (χ4n) is 3.96. The Bertz CT molecular complexity index is 1310. The normalized spacial score (nSPS) is 12.5. The van der Waals surface area contributed by atoms with Gasteiger partial charge in [-0.3, -0.25) is 9.59 Å². The summed E-state index contributed by atoms with van der Waals surface area (Å²) in [4.78, 5) is 29.3. The Kier molecular flexibility index (Phi) is 5.34. The van der Waals surface area contributed by atoms with E-state index in [0.29, 0.717) is 54.4 Å². The summed E-state index contributed by atoms with van der Waals surface area (Å²) in [6, 6.07) is 20.0. The second-order valence-corrected chi connectivity index (χ2v) is 7.60. The standard InChI is InChI=1S/C26H22N2O4/c29-25(17-9-10-23-24(15-17)32-14-13-31-23)20-6-1-2-7-21(20)26(30)27-12-11-18-16-28-22-8-4-3-5-19(18)22/h1-10,15-16,28H,11-14H2,(H,27,30). The highest BCUT2D eigenvalue weighted by molar-refractivity contribution is 6.15. The zero-order valence-corrected chi connectivity index (χ0v) is 17.4. The van der Waals surface area contributed by atoms with Gasteiger partial charge in [-0.2, -0.15) is 0 Å². The van der Waals surface area contributed by atoms with E-state index in [0.717, 1.165) is 16.5 Å². The first kappa shape index (κ1) is 19.9. The number of H-pyrrole nitrogens is 1. The molecule has 0 bridgehead atoms. The summed E-state index contributed by atoms with van der Waals surface area (Å²) >= 11 is 0. The van der Waals surface area contributed by atoms with Crippen molar-refractivity contribution in [2.24, 2.45) is 0 Å². The van der Waals surface area contributed by atoms with E-state index in [4.69, 9.17) is 9.47 Å². The predicted octanol–water partition coefficient (Wildman–Crippen LogP) is 4.14. The SMILES string of the molecule is O=C(NCCc1c[nH]c2ccccc12)c1ccccc1C(=O)c1ccc2c(c1)OCCO2. The van der Waals surface area contributed by atoms with Gasteiger partial charge < -0.3 is 19.8 Å². The summed E-state index contributed by atoms with van der Waals surface area (Å²) < 4.78 is 11.1. The van der Waals surface area contributed by atoms with Gasteiger partial charge in [0.05, 0.1) is 5.56 Å². The van der Waals surface area contributed by atoms with Gasteiger partial charge in [0.15, 0.2) is 17.3 Å². The van der Waals surface area contributed by atoms with Crippen LogP contribution in [0.1, 0.15) is 31.8 Å². The molecule has 6 heteroatoms. The largest absolute Gasteiger partial charge is 0.486 e. The first-order valence-corrected chi connectivity index (χ1v) is 10.6. The van der Waals surface area contributed by atoms with Crippen LogP contribution in [0.25, 0.3) is 10.9 Å². The average molecular weight is 426 g/mol. The van der Waals surface area contributed by atoms with E-state index < -0.39 is 0 Å². The molecule has 2 N–H and O–H groups in total. The van der Waals surface area contributed by atoms with Crippen molar-refractivity contribution in [3.63, 3.8) is 0 Å². The molecule has 1 aliphatic heterocycles. The lowest BCUT2D eigenvalue weighted by Gasteiger charge is -2.18. The zero-order valence-electron chi connectivity index (χ0n) is 17.4. The summed E-state index contributed by atoms with van der Waals surface area (Å²) in [6.45, 7) is 1.40. The van der Waals surface area contributed by atoms with Crippen LogP contribution in [0.4, 0.5) is 0 Å². The number of para-hydroxylation sites is 1. The quantitative estimate of drug-likeness (QED) is 0.454. The highest BCUT2D eigenvalue weighted by Gasteiger charge is 2.20. The molecule has 3 aromatic carbocycles. The molecule has 6 nitrogen and oxygen atoms in total. The second-order valence-electron chi connectivity index (χ2n) is 7.60. The Labute approximate surface area is 185 Å². The van der Waals surface area contributed by atoms with Crippen LogP contribution in [0.3, 0.4) is 0 Å². The van der Waals surface area contributed by atoms with Crippen molar-refractivity contribution in [2.45, 2.75) is 6.42 Å². The van der Waals surface area contributed by atoms with Crippen LogP contribution >= 0.6 is 0 Å². The van der Waals surface area contributed by atoms with Crippen LogP contribution in [-0.2, 0) is 6.42 Å². The Morgan fingerprint density at radius 3 is 2.50 bits per heavy atom. The first-order valence-electron chi connectivity index (χ1n) is 10.6. The molecule has 0 aliphatic carbocycles. The molecule has 1 aromatic heterocycles. The van der Waals surface area contributed by atoms with E-state index in [1.165, 1.54) is 0 Å². The zero-order chi connectivity index (χ0) is 21.9. The number of benzene rings is 3. The molecule has 160 valence electrons. The molecule has 2 heterocycles. The van der Waals surface area contributed by atoms with Gasteiger partial charge in [0.2, 0.25) is 0 Å². The molecule has 0 saturated heterocycles. The summed E-state index contributed by atoms with van der Waals surface area (Å²) in [6.07, 6.45) is 2.66. The minimum absolute atomic E-state index is 0.232. The van der Waals surface area contributed by atoms with Crippen molar-refractivity contribution in [1.29, 1.82) is 0 Å². The number of ketones is 1. The summed E-state index contributed by atoms with van der Waals surface area (Å²) in [7, 11) is 0. The van der Waals surface area contributed by atoms with Gasteiger partial charge in [0.1, 0.15) is 13.2 Å². The monoisotopic (exact) mass is 426 g/mol. The number of aromatic nitrogens is 1. The van der Waals surface area contributed by atoms with Crippen molar-refractivity contribution in [3.05, 3.63) is 95.2 Å². The lowest BCUT2D eigenvalue weighted by Crippen LogP contribution is -2.27. The number of hydrogen-bond donors (Lipinski definition) is 2. The van der Waals surface area contributed by atoms with Gasteiger partial charge in [-0.05, 0) is 42.3 Å². The first-order chi connectivity index (χ1) is 15.7. The molecular formula is C26H22N2O4. The third kappa shape index (κ3) is 3.83. The van der Waals surface area contributed by atoms with E-state index in [1.54, 1.807) is 42.5 Å². The van der Waals surface area contributed by atoms with Gasteiger partial charge in [-0.15, -0.1) is 0 Å². The number of ether oxygens (including phenoxy) is 2. The molecule has 4 aromatic rings. The summed E-state index contributed by atoms with van der Waals surface area (Å²) in [5, 5.41) is 4.10. The van der Waals surface area contributed by atoms with Crippen LogP contribution in [0.2, 0.25) is 0 Å². The lowest BCUT2D eigenvalue weighted by molar-refractivity contribution is 0.0942. The van der Waals surface area contributed by atoms with E-state index >= 15 is 0 Å². The smallest absolute Gasteiger partial charge is 0.252 e. The maximum Gasteiger partial charge on any atom is 0.252 e. The topological polar surface area (TPSA) is 80.4 Å². The number of carbonyl (C=O) groups is 2. The van der Waals surface area contributed by atoms with Crippen molar-refractivity contribution >= 4 is 22.6 Å². The fourth-order valence-corrected chi connectivity index (χ4v) is 3.96. The van der Waals surface area contributed by atoms with Crippen LogP contribution in [-0.4, -0.2) is 36.4 Å². The minimum Gasteiger partial charge on any atom is -0.486 e. The fraction of sp³-hybridized carbons (Fsp3) is 0.154. The van der Waals surface area contributed by atoms with Gasteiger partial charge >= 0.3 is 0 Å². The van der Waals surface area contributed by atoms with E-state index in [9.17, 15) is 9.59 Å². The third-order valence-electron chi connectivity index (χ3n) is 5.58. The Morgan fingerprint density at radius 2 is 1.62 bits per heavy atom. The number of amides is 1. The van der Waals surface area contributed by atoms with Gasteiger partial charge in [0.25, 0.3) is 5.91 Å². The molecule has 5 rings (SSSR count). The Morgan fingerprint density at radius 1 is 0.875 bits per heavy atom. The minimum atomic E-state index is -0.272. The number of rotatable bonds is 6. The number of hydrogen-bond acceptors (Lipinski definition) is 4. The van der Waals surface area contributed by atoms with E-state index in [-0.39, 0.29) is 11.7 Å². The number of carbonyl (C=O) groups excluding carboxylic acids is 2. The second kappa shape index (κ2) is 8.59. The molecule has 1 aliphatic rings. The van der Waals surface area contributed by atoms with E-state index in [1.807, 2.05) is 24.4 Å². The number of nitrogens with one attached hydrogen (secondary N) is 2. The molecule has 0 saturated carbocycles. The molecule has 0 radical (unpaired) electrons. The van der Waals surface area contributed by atoms with Crippen molar-refractivity contribution in [1.82, 2.24) is 10.3 Å². The molecule has 0 unspecified atom stereocenters. The van der Waals surface area contributed by atoms with Crippen LogP contribution < -0.4 is 14.8 Å². The van der Waals surface area contributed by atoms with Crippen LogP contribution in [0.5, 0.6) is 11.5 Å². The Hall–Kier alpha value is -4.06. The van der Waals surface area contributed by atoms with Gasteiger partial charge in [0, 0.05) is 34.8 Å². The third-order valence-corrected chi connectivity index (χ3v) is 5.58. The summed E-state index contributed by atoms with van der Waals surface area (Å²) in [5.74, 6) is 0.662. The molecule has 32 heavy (non-hydrogen) atoms. The van der Waals surface area contributed by atoms with Gasteiger partial charge in [-0.1, -0.05) is 36.4 Å². The maximum atomic E-state index is 13.2. The van der Waals surface area contributed by atoms with Crippen LogP contribution in [0.15, 0.2) is 72.9 Å². The Balaban J connectivity index is 1.31. The lowest BCUT2D eigenvalue weighted by atomic mass is 9.97. The highest BCUT2D eigenvalue weighted by Crippen LogP contribution is 2.31. The highest BCUT2D eigenvalue weighted by atomic mass is 16.6. The predicted molar refractivity (Wildman–Crippen MR) is 122 cm³/mol. The van der Waals surface area contributed by atoms with Crippen molar-refractivity contribution in [3.8, 4) is 11.5 Å². The van der Waals surface area contributed by atoms with Gasteiger partial charge in [-0.25, -0.2) is 0 Å². The molecule has 0 spiro atoms. The summed E-state index contributed by atoms with van der Waals surface area (Å²) in [5.41, 5.74) is 3.37. The van der Waals surface area contributed by atoms with E-state index in [2.05, 4.69) is 16.4 Å². The molecule has 0 fully saturated rings. The number of aromatic amines is 1. The molecule has 1 amide bonds. The van der Waals surface area contributed by atoms with Crippen LogP contribution in [0, 0.1) is 0 Å². The van der Waals surface area contributed by atoms with Crippen molar-refractivity contribution in [2.75, 3.05) is 19.8 Å². The molecule has 0 atom stereocenters. The maximum absolute atomic E-state index is 13.2. The number of fused-ring (bicyclic) bond motifs is 2. The van der Waals surface area contributed by atoms with Crippen molar-refractivity contribution < 1.29 is 19.1 Å².